The Balaban J connectivity index is 2.42. The molecule has 0 saturated carbocycles. The van der Waals surface area contributed by atoms with E-state index < -0.39 is 0 Å². The summed E-state index contributed by atoms with van der Waals surface area (Å²) in [6, 6.07) is 5.30. The van der Waals surface area contributed by atoms with Gasteiger partial charge in [-0.2, -0.15) is 0 Å². The molecule has 1 amide bonds. The van der Waals surface area contributed by atoms with Gasteiger partial charge in [0.05, 0.1) is 23.9 Å². The Morgan fingerprint density at radius 2 is 2.29 bits per heavy atom. The van der Waals surface area contributed by atoms with Crippen LogP contribution in [0.5, 0.6) is 0 Å². The Hall–Kier alpha value is -0.620. The second-order valence-corrected chi connectivity index (χ2v) is 4.66. The van der Waals surface area contributed by atoms with Crippen LogP contribution in [0.3, 0.4) is 0 Å². The third-order valence-electron chi connectivity index (χ3n) is 1.97. The van der Waals surface area contributed by atoms with Crippen LogP contribution in [-0.4, -0.2) is 32.7 Å². The van der Waals surface area contributed by atoms with Gasteiger partial charge in [0.15, 0.2) is 0 Å². The SMILES string of the molecule is COCCNCC(=O)Nc1cc(Br)ccc1Cl. The number of benzene rings is 1. The minimum Gasteiger partial charge on any atom is -0.383 e. The summed E-state index contributed by atoms with van der Waals surface area (Å²) in [5.41, 5.74) is 0.597. The van der Waals surface area contributed by atoms with Gasteiger partial charge in [-0.1, -0.05) is 27.5 Å². The molecule has 0 aliphatic carbocycles. The molecule has 6 heteroatoms. The van der Waals surface area contributed by atoms with Crippen molar-refractivity contribution < 1.29 is 9.53 Å². The van der Waals surface area contributed by atoms with E-state index in [0.29, 0.717) is 23.9 Å². The molecule has 0 unspecified atom stereocenters. The van der Waals surface area contributed by atoms with Gasteiger partial charge < -0.3 is 15.4 Å². The van der Waals surface area contributed by atoms with Crippen LogP contribution in [0.25, 0.3) is 0 Å². The van der Waals surface area contributed by atoms with Crippen molar-refractivity contribution in [2.75, 3.05) is 32.1 Å². The van der Waals surface area contributed by atoms with Crippen LogP contribution in [0, 0.1) is 0 Å². The van der Waals surface area contributed by atoms with Crippen LogP contribution in [-0.2, 0) is 9.53 Å². The number of carbonyl (C=O) groups excluding carboxylic acids is 1. The van der Waals surface area contributed by atoms with Crippen molar-refractivity contribution in [3.8, 4) is 0 Å². The Morgan fingerprint density at radius 1 is 1.53 bits per heavy atom. The lowest BCUT2D eigenvalue weighted by atomic mass is 10.3. The number of methoxy groups -OCH3 is 1. The average Bonchev–Trinajstić information content (AvgIpc) is 2.29. The van der Waals surface area contributed by atoms with Crippen molar-refractivity contribution in [2.45, 2.75) is 0 Å². The van der Waals surface area contributed by atoms with Gasteiger partial charge in [0.1, 0.15) is 0 Å². The molecule has 0 aliphatic heterocycles. The van der Waals surface area contributed by atoms with Crippen LogP contribution >= 0.6 is 27.5 Å². The maximum absolute atomic E-state index is 11.6. The van der Waals surface area contributed by atoms with E-state index in [2.05, 4.69) is 26.6 Å². The van der Waals surface area contributed by atoms with E-state index >= 15 is 0 Å². The van der Waals surface area contributed by atoms with E-state index in [0.717, 1.165) is 4.47 Å². The monoisotopic (exact) mass is 320 g/mol. The fourth-order valence-electron chi connectivity index (χ4n) is 1.16. The second-order valence-electron chi connectivity index (χ2n) is 3.34. The van der Waals surface area contributed by atoms with Crippen molar-refractivity contribution >= 4 is 39.1 Å². The molecule has 0 fully saturated rings. The van der Waals surface area contributed by atoms with Crippen LogP contribution in [0.4, 0.5) is 5.69 Å². The number of halogens is 2. The highest BCUT2D eigenvalue weighted by Gasteiger charge is 2.05. The largest absolute Gasteiger partial charge is 0.383 e. The lowest BCUT2D eigenvalue weighted by Crippen LogP contribution is -2.30. The molecule has 94 valence electrons. The number of ether oxygens (including phenoxy) is 1. The number of amides is 1. The topological polar surface area (TPSA) is 50.4 Å². The van der Waals surface area contributed by atoms with E-state index in [-0.39, 0.29) is 12.5 Å². The van der Waals surface area contributed by atoms with Crippen molar-refractivity contribution in [3.63, 3.8) is 0 Å². The summed E-state index contributed by atoms with van der Waals surface area (Å²) in [5.74, 6) is -0.138. The van der Waals surface area contributed by atoms with Gasteiger partial charge in [0, 0.05) is 18.1 Å². The van der Waals surface area contributed by atoms with Gasteiger partial charge in [0.2, 0.25) is 5.91 Å². The summed E-state index contributed by atoms with van der Waals surface area (Å²) in [6.07, 6.45) is 0. The average molecular weight is 322 g/mol. The van der Waals surface area contributed by atoms with Crippen LogP contribution in [0.15, 0.2) is 22.7 Å². The van der Waals surface area contributed by atoms with E-state index in [4.69, 9.17) is 16.3 Å². The molecule has 0 aromatic heterocycles. The maximum Gasteiger partial charge on any atom is 0.238 e. The van der Waals surface area contributed by atoms with E-state index in [1.807, 2.05) is 6.07 Å². The molecule has 4 nitrogen and oxygen atoms in total. The molecule has 2 N–H and O–H groups in total. The van der Waals surface area contributed by atoms with Gasteiger partial charge in [-0.25, -0.2) is 0 Å². The predicted octanol–water partition coefficient (Wildman–Crippen LogP) is 2.28. The summed E-state index contributed by atoms with van der Waals surface area (Å²) in [6.45, 7) is 1.44. The zero-order valence-electron chi connectivity index (χ0n) is 9.43. The Kier molecular flexibility index (Phi) is 6.50. The molecule has 0 saturated heterocycles. The number of carbonyl (C=O) groups is 1. The smallest absolute Gasteiger partial charge is 0.238 e. The highest BCUT2D eigenvalue weighted by Crippen LogP contribution is 2.25. The standard InChI is InChI=1S/C11H14BrClN2O2/c1-17-5-4-14-7-11(16)15-10-6-8(12)2-3-9(10)13/h2-3,6,14H,4-5,7H2,1H3,(H,15,16). The number of nitrogens with one attached hydrogen (secondary N) is 2. The number of rotatable bonds is 6. The first-order valence-corrected chi connectivity index (χ1v) is 6.25. The zero-order valence-corrected chi connectivity index (χ0v) is 11.8. The first kappa shape index (κ1) is 14.4. The van der Waals surface area contributed by atoms with Gasteiger partial charge in [0.25, 0.3) is 0 Å². The quantitative estimate of drug-likeness (QED) is 0.790. The summed E-state index contributed by atoms with van der Waals surface area (Å²) >= 11 is 9.27. The number of hydrogen-bond donors (Lipinski definition) is 2. The van der Waals surface area contributed by atoms with E-state index in [1.54, 1.807) is 19.2 Å². The minimum atomic E-state index is -0.138. The molecule has 1 aromatic rings. The predicted molar refractivity (Wildman–Crippen MR) is 72.5 cm³/mol. The van der Waals surface area contributed by atoms with Crippen LogP contribution < -0.4 is 10.6 Å². The number of anilines is 1. The summed E-state index contributed by atoms with van der Waals surface area (Å²) in [5, 5.41) is 6.18. The third-order valence-corrected chi connectivity index (χ3v) is 2.79. The fraction of sp³-hybridized carbons (Fsp3) is 0.364. The first-order valence-electron chi connectivity index (χ1n) is 5.08. The molecule has 0 heterocycles. The first-order chi connectivity index (χ1) is 8.13. The Morgan fingerprint density at radius 3 is 3.00 bits per heavy atom. The van der Waals surface area contributed by atoms with Gasteiger partial charge >= 0.3 is 0 Å². The molecular weight excluding hydrogens is 307 g/mol. The van der Waals surface area contributed by atoms with Crippen LogP contribution in [0.1, 0.15) is 0 Å². The number of hydrogen-bond acceptors (Lipinski definition) is 3. The Bertz CT molecular complexity index is 388. The van der Waals surface area contributed by atoms with Gasteiger partial charge in [-0.05, 0) is 18.2 Å². The molecular formula is C11H14BrClN2O2. The fourth-order valence-corrected chi connectivity index (χ4v) is 1.69. The molecule has 0 spiro atoms. The Labute approximate surface area is 114 Å². The summed E-state index contributed by atoms with van der Waals surface area (Å²) in [7, 11) is 1.61. The molecule has 17 heavy (non-hydrogen) atoms. The van der Waals surface area contributed by atoms with E-state index in [1.165, 1.54) is 0 Å². The molecule has 1 rings (SSSR count). The van der Waals surface area contributed by atoms with Crippen molar-refractivity contribution in [3.05, 3.63) is 27.7 Å². The van der Waals surface area contributed by atoms with Crippen molar-refractivity contribution in [1.29, 1.82) is 0 Å². The lowest BCUT2D eigenvalue weighted by Gasteiger charge is -2.08. The summed E-state index contributed by atoms with van der Waals surface area (Å²) < 4.78 is 5.72. The maximum atomic E-state index is 11.6. The molecule has 1 aromatic carbocycles. The molecule has 0 aliphatic rings. The lowest BCUT2D eigenvalue weighted by molar-refractivity contribution is -0.115. The normalized spacial score (nSPS) is 10.3. The zero-order chi connectivity index (χ0) is 12.7. The highest BCUT2D eigenvalue weighted by atomic mass is 79.9. The molecule has 0 bridgehead atoms. The van der Waals surface area contributed by atoms with Gasteiger partial charge in [-0.3, -0.25) is 4.79 Å². The minimum absolute atomic E-state index is 0.138. The highest BCUT2D eigenvalue weighted by molar-refractivity contribution is 9.10. The van der Waals surface area contributed by atoms with Crippen LogP contribution in [0.2, 0.25) is 5.02 Å². The third kappa shape index (κ3) is 5.50. The van der Waals surface area contributed by atoms with Crippen molar-refractivity contribution in [1.82, 2.24) is 5.32 Å². The second kappa shape index (κ2) is 7.66. The molecule has 0 radical (unpaired) electrons. The van der Waals surface area contributed by atoms with Crippen molar-refractivity contribution in [2.24, 2.45) is 0 Å². The van der Waals surface area contributed by atoms with E-state index in [9.17, 15) is 4.79 Å². The molecule has 0 atom stereocenters. The summed E-state index contributed by atoms with van der Waals surface area (Å²) in [4.78, 5) is 11.6. The van der Waals surface area contributed by atoms with Gasteiger partial charge in [-0.15, -0.1) is 0 Å².